The molecule has 0 radical (unpaired) electrons. The summed E-state index contributed by atoms with van der Waals surface area (Å²) in [5, 5.41) is 0. The molecule has 4 nitrogen and oxygen atoms in total. The first-order valence-electron chi connectivity index (χ1n) is 7.82. The van der Waals surface area contributed by atoms with Crippen LogP contribution in [0.25, 0.3) is 0 Å². The normalized spacial score (nSPS) is 18.6. The minimum Gasteiger partial charge on any atom is -0.446 e. The van der Waals surface area contributed by atoms with Crippen molar-refractivity contribution in [3.05, 3.63) is 71.8 Å². The van der Waals surface area contributed by atoms with E-state index in [0.717, 1.165) is 11.1 Å². The third-order valence-electron chi connectivity index (χ3n) is 4.20. The zero-order valence-corrected chi connectivity index (χ0v) is 13.0. The predicted molar refractivity (Wildman–Crippen MR) is 86.9 cm³/mol. The number of benzene rings is 2. The van der Waals surface area contributed by atoms with E-state index in [1.54, 1.807) is 0 Å². The van der Waals surface area contributed by atoms with Crippen LogP contribution in [0.15, 0.2) is 60.7 Å². The molecule has 2 aromatic carbocycles. The molecule has 0 saturated carbocycles. The molecule has 3 rings (SSSR count). The Hall–Kier alpha value is -2.62. The third-order valence-corrected chi connectivity index (χ3v) is 4.20. The lowest BCUT2D eigenvalue weighted by molar-refractivity contribution is -0.131. The Bertz CT molecular complexity index is 684. The summed E-state index contributed by atoms with van der Waals surface area (Å²) in [6.45, 7) is 2.16. The molecule has 0 aliphatic carbocycles. The monoisotopic (exact) mass is 309 g/mol. The number of hydrogen-bond acceptors (Lipinski definition) is 3. The van der Waals surface area contributed by atoms with Gasteiger partial charge in [-0.05, 0) is 17.5 Å². The molecule has 1 saturated heterocycles. The number of carbonyl (C=O) groups excluding carboxylic acids is 2. The van der Waals surface area contributed by atoms with E-state index in [9.17, 15) is 9.59 Å². The highest BCUT2D eigenvalue weighted by Crippen LogP contribution is 2.32. The van der Waals surface area contributed by atoms with Gasteiger partial charge in [-0.2, -0.15) is 0 Å². The van der Waals surface area contributed by atoms with E-state index in [-0.39, 0.29) is 24.5 Å². The van der Waals surface area contributed by atoms with Gasteiger partial charge in [-0.3, -0.25) is 4.79 Å². The molecule has 23 heavy (non-hydrogen) atoms. The molecule has 2 atom stereocenters. The van der Waals surface area contributed by atoms with E-state index >= 15 is 0 Å². The van der Waals surface area contributed by atoms with Crippen molar-refractivity contribution in [1.29, 1.82) is 0 Å². The van der Waals surface area contributed by atoms with Crippen molar-refractivity contribution in [1.82, 2.24) is 4.90 Å². The lowest BCUT2D eigenvalue weighted by atomic mass is 9.94. The molecule has 1 aliphatic rings. The number of ether oxygens (including phenoxy) is 1. The van der Waals surface area contributed by atoms with Crippen molar-refractivity contribution in [3.63, 3.8) is 0 Å². The molecule has 0 bridgehead atoms. The van der Waals surface area contributed by atoms with Gasteiger partial charge in [-0.25, -0.2) is 9.69 Å². The summed E-state index contributed by atoms with van der Waals surface area (Å²) >= 11 is 0. The zero-order valence-electron chi connectivity index (χ0n) is 13.0. The molecule has 2 aromatic rings. The Labute approximate surface area is 135 Å². The summed E-state index contributed by atoms with van der Waals surface area (Å²) in [5.41, 5.74) is 1.83. The Morgan fingerprint density at radius 3 is 2.35 bits per heavy atom. The first-order valence-corrected chi connectivity index (χ1v) is 7.82. The summed E-state index contributed by atoms with van der Waals surface area (Å²) in [6, 6.07) is 18.7. The van der Waals surface area contributed by atoms with Gasteiger partial charge in [-0.15, -0.1) is 0 Å². The molecule has 1 fully saturated rings. The lowest BCUT2D eigenvalue weighted by Gasteiger charge is -2.24. The highest BCUT2D eigenvalue weighted by atomic mass is 16.6. The van der Waals surface area contributed by atoms with Crippen LogP contribution < -0.4 is 0 Å². The first kappa shape index (κ1) is 15.3. The van der Waals surface area contributed by atoms with E-state index in [4.69, 9.17) is 4.74 Å². The van der Waals surface area contributed by atoms with Gasteiger partial charge in [0, 0.05) is 0 Å². The van der Waals surface area contributed by atoms with Crippen LogP contribution in [0, 0.1) is 0 Å². The highest BCUT2D eigenvalue weighted by Gasteiger charge is 2.41. The molecule has 0 N–H and O–H groups in total. The van der Waals surface area contributed by atoms with Gasteiger partial charge in [0.2, 0.25) is 5.91 Å². The summed E-state index contributed by atoms with van der Waals surface area (Å²) in [5.74, 6) is -0.539. The van der Waals surface area contributed by atoms with Crippen LogP contribution in [-0.2, 0) is 9.53 Å². The SMILES string of the molecule is CC[C@@H](C(=O)N1C(=O)OC[C@@H]1c1ccccc1)c1ccccc1. The fraction of sp³-hybridized carbons (Fsp3) is 0.263. The first-order chi connectivity index (χ1) is 11.2. The van der Waals surface area contributed by atoms with Crippen molar-refractivity contribution < 1.29 is 14.3 Å². The number of rotatable bonds is 4. The van der Waals surface area contributed by atoms with E-state index in [0.29, 0.717) is 6.42 Å². The highest BCUT2D eigenvalue weighted by molar-refractivity contribution is 5.97. The van der Waals surface area contributed by atoms with Gasteiger partial charge in [0.1, 0.15) is 12.6 Å². The maximum atomic E-state index is 13.0. The average molecular weight is 309 g/mol. The Morgan fingerprint density at radius 1 is 1.13 bits per heavy atom. The number of amides is 2. The summed E-state index contributed by atoms with van der Waals surface area (Å²) < 4.78 is 5.15. The van der Waals surface area contributed by atoms with Gasteiger partial charge in [0.05, 0.1) is 5.92 Å². The Kier molecular flexibility index (Phi) is 4.42. The molecule has 118 valence electrons. The Morgan fingerprint density at radius 2 is 1.74 bits per heavy atom. The summed E-state index contributed by atoms with van der Waals surface area (Å²) in [4.78, 5) is 26.4. The van der Waals surface area contributed by atoms with Crippen molar-refractivity contribution in [2.45, 2.75) is 25.3 Å². The molecular formula is C19H19NO3. The number of hydrogen-bond donors (Lipinski definition) is 0. The smallest absolute Gasteiger partial charge is 0.417 e. The van der Waals surface area contributed by atoms with Gasteiger partial charge in [0.15, 0.2) is 0 Å². The van der Waals surface area contributed by atoms with E-state index in [1.165, 1.54) is 4.90 Å². The van der Waals surface area contributed by atoms with Crippen LogP contribution in [0.2, 0.25) is 0 Å². The fourth-order valence-electron chi connectivity index (χ4n) is 2.99. The quantitative estimate of drug-likeness (QED) is 0.860. The van der Waals surface area contributed by atoms with E-state index in [1.807, 2.05) is 67.6 Å². The van der Waals surface area contributed by atoms with Gasteiger partial charge < -0.3 is 4.74 Å². The van der Waals surface area contributed by atoms with Crippen molar-refractivity contribution >= 4 is 12.0 Å². The standard InChI is InChI=1S/C19H19NO3/c1-2-16(14-9-5-3-6-10-14)18(21)20-17(13-23-19(20)22)15-11-7-4-8-12-15/h3-12,16-17H,2,13H2,1H3/t16-,17-/m1/s1. The summed E-state index contributed by atoms with van der Waals surface area (Å²) in [7, 11) is 0. The number of carbonyl (C=O) groups is 2. The molecule has 0 aromatic heterocycles. The average Bonchev–Trinajstić information content (AvgIpc) is 2.99. The second-order valence-electron chi connectivity index (χ2n) is 5.58. The van der Waals surface area contributed by atoms with Crippen molar-refractivity contribution in [2.75, 3.05) is 6.61 Å². The molecule has 1 aliphatic heterocycles. The van der Waals surface area contributed by atoms with Crippen LogP contribution in [-0.4, -0.2) is 23.5 Å². The topological polar surface area (TPSA) is 46.6 Å². The van der Waals surface area contributed by atoms with Crippen LogP contribution in [0.3, 0.4) is 0 Å². The number of imide groups is 1. The van der Waals surface area contributed by atoms with E-state index < -0.39 is 6.09 Å². The third kappa shape index (κ3) is 2.97. The van der Waals surface area contributed by atoms with Crippen molar-refractivity contribution in [2.24, 2.45) is 0 Å². The van der Waals surface area contributed by atoms with Crippen LogP contribution in [0.1, 0.15) is 36.4 Å². The second-order valence-corrected chi connectivity index (χ2v) is 5.58. The zero-order chi connectivity index (χ0) is 16.2. The van der Waals surface area contributed by atoms with Gasteiger partial charge >= 0.3 is 6.09 Å². The number of cyclic esters (lactones) is 1. The van der Waals surface area contributed by atoms with Crippen LogP contribution >= 0.6 is 0 Å². The van der Waals surface area contributed by atoms with Crippen LogP contribution in [0.5, 0.6) is 0 Å². The maximum Gasteiger partial charge on any atom is 0.417 e. The molecule has 2 amide bonds. The van der Waals surface area contributed by atoms with Crippen LogP contribution in [0.4, 0.5) is 4.79 Å². The van der Waals surface area contributed by atoms with Crippen molar-refractivity contribution in [3.8, 4) is 0 Å². The number of nitrogens with zero attached hydrogens (tertiary/aromatic N) is 1. The molecular weight excluding hydrogens is 290 g/mol. The Balaban J connectivity index is 1.91. The fourth-order valence-corrected chi connectivity index (χ4v) is 2.99. The van der Waals surface area contributed by atoms with Gasteiger partial charge in [-0.1, -0.05) is 67.6 Å². The second kappa shape index (κ2) is 6.65. The molecule has 1 heterocycles. The van der Waals surface area contributed by atoms with E-state index in [2.05, 4.69) is 0 Å². The lowest BCUT2D eigenvalue weighted by Crippen LogP contribution is -2.37. The minimum atomic E-state index is -0.557. The summed E-state index contributed by atoms with van der Waals surface area (Å²) in [6.07, 6.45) is 0.0759. The largest absolute Gasteiger partial charge is 0.446 e. The minimum absolute atomic E-state index is 0.199. The molecule has 4 heteroatoms. The van der Waals surface area contributed by atoms with Gasteiger partial charge in [0.25, 0.3) is 0 Å². The molecule has 0 unspecified atom stereocenters. The molecule has 0 spiro atoms. The predicted octanol–water partition coefficient (Wildman–Crippen LogP) is 3.90. The maximum absolute atomic E-state index is 13.0.